The van der Waals surface area contributed by atoms with Gasteiger partial charge in [0, 0.05) is 47.9 Å². The van der Waals surface area contributed by atoms with E-state index in [1.807, 2.05) is 6.92 Å². The van der Waals surface area contributed by atoms with Gasteiger partial charge in [-0.2, -0.15) is 0 Å². The first-order valence-corrected chi connectivity index (χ1v) is 9.31. The van der Waals surface area contributed by atoms with E-state index in [9.17, 15) is 14.7 Å². The first-order valence-electron chi connectivity index (χ1n) is 9.31. The van der Waals surface area contributed by atoms with Crippen LogP contribution in [0.25, 0.3) is 22.0 Å². The number of amides is 1. The number of carbonyl (C=O) groups excluding carboxylic acids is 1. The van der Waals surface area contributed by atoms with E-state index in [4.69, 9.17) is 0 Å². The molecule has 0 aromatic carbocycles. The van der Waals surface area contributed by atoms with Crippen molar-refractivity contribution < 1.29 is 9.90 Å². The summed E-state index contributed by atoms with van der Waals surface area (Å²) in [6.45, 7) is 3.54. The fourth-order valence-electron chi connectivity index (χ4n) is 3.29. The highest BCUT2D eigenvalue weighted by Crippen LogP contribution is 2.30. The number of aryl methyl sites for hydroxylation is 2. The Morgan fingerprint density at radius 2 is 1.96 bits per heavy atom. The molecule has 4 rings (SSSR count). The number of hydrogen-bond donors (Lipinski definition) is 2. The minimum Gasteiger partial charge on any atom is -0.387 e. The van der Waals surface area contributed by atoms with Gasteiger partial charge in [-0.15, -0.1) is 0 Å². The lowest BCUT2D eigenvalue weighted by Gasteiger charge is -2.13. The highest BCUT2D eigenvalue weighted by Gasteiger charge is 2.29. The van der Waals surface area contributed by atoms with E-state index in [2.05, 4.69) is 15.3 Å². The van der Waals surface area contributed by atoms with Crippen molar-refractivity contribution in [1.82, 2.24) is 14.5 Å². The van der Waals surface area contributed by atoms with Crippen LogP contribution in [0.3, 0.4) is 0 Å². The Labute approximate surface area is 162 Å². The van der Waals surface area contributed by atoms with E-state index >= 15 is 0 Å². The minimum atomic E-state index is -0.666. The molecule has 1 saturated carbocycles. The summed E-state index contributed by atoms with van der Waals surface area (Å²) in [5, 5.41) is 13.3. The molecule has 144 valence electrons. The van der Waals surface area contributed by atoms with Crippen molar-refractivity contribution in [2.45, 2.75) is 32.8 Å². The number of nitrogens with one attached hydrogen (secondary N) is 1. The van der Waals surface area contributed by atoms with E-state index in [1.54, 1.807) is 49.1 Å². The zero-order chi connectivity index (χ0) is 20.0. The number of aliphatic hydroxyl groups is 1. The maximum Gasteiger partial charge on any atom is 0.258 e. The van der Waals surface area contributed by atoms with Crippen LogP contribution < -0.4 is 10.9 Å². The van der Waals surface area contributed by atoms with Crippen LogP contribution in [0.4, 0.5) is 5.82 Å². The van der Waals surface area contributed by atoms with E-state index in [0.717, 1.165) is 29.4 Å². The van der Waals surface area contributed by atoms with Gasteiger partial charge in [0.25, 0.3) is 5.56 Å². The molecule has 3 heterocycles. The van der Waals surface area contributed by atoms with Gasteiger partial charge in [0.05, 0.1) is 17.3 Å². The Hall–Kier alpha value is -3.06. The first-order chi connectivity index (χ1) is 13.3. The van der Waals surface area contributed by atoms with Crippen LogP contribution in [0.5, 0.6) is 0 Å². The zero-order valence-electron chi connectivity index (χ0n) is 16.1. The SMILES string of the molecule is Cc1cc([C@@H](C)O)ncc1-c1cc2cnc(NC(=O)C3CC3)cc2n(C)c1=O. The number of fused-ring (bicyclic) bond motifs is 1. The van der Waals surface area contributed by atoms with Gasteiger partial charge in [-0.3, -0.25) is 14.6 Å². The number of nitrogens with zero attached hydrogens (tertiary/aromatic N) is 3. The molecule has 0 spiro atoms. The second-order valence-electron chi connectivity index (χ2n) is 7.41. The predicted molar refractivity (Wildman–Crippen MR) is 107 cm³/mol. The molecule has 3 aromatic rings. The summed E-state index contributed by atoms with van der Waals surface area (Å²) in [6, 6.07) is 5.31. The summed E-state index contributed by atoms with van der Waals surface area (Å²) in [7, 11) is 1.70. The predicted octanol–water partition coefficient (Wildman–Crippen LogP) is 2.71. The minimum absolute atomic E-state index is 0.0200. The Morgan fingerprint density at radius 1 is 1.21 bits per heavy atom. The molecule has 1 aliphatic rings. The molecular weight excluding hydrogens is 356 g/mol. The third-order valence-corrected chi connectivity index (χ3v) is 5.16. The molecule has 1 atom stereocenters. The molecule has 2 N–H and O–H groups in total. The smallest absolute Gasteiger partial charge is 0.258 e. The largest absolute Gasteiger partial charge is 0.387 e. The molecule has 3 aromatic heterocycles. The molecule has 28 heavy (non-hydrogen) atoms. The average molecular weight is 378 g/mol. The second-order valence-corrected chi connectivity index (χ2v) is 7.41. The lowest BCUT2D eigenvalue weighted by Crippen LogP contribution is -2.20. The summed E-state index contributed by atoms with van der Waals surface area (Å²) < 4.78 is 1.56. The first kappa shape index (κ1) is 18.3. The average Bonchev–Trinajstić information content (AvgIpc) is 3.50. The number of anilines is 1. The molecule has 0 unspecified atom stereocenters. The molecule has 1 amide bonds. The van der Waals surface area contributed by atoms with Crippen LogP contribution in [0.1, 0.15) is 37.1 Å². The summed E-state index contributed by atoms with van der Waals surface area (Å²) in [5.41, 5.74) is 3.21. The molecule has 0 bridgehead atoms. The molecule has 0 saturated heterocycles. The summed E-state index contributed by atoms with van der Waals surface area (Å²) in [6.07, 6.45) is 4.46. The van der Waals surface area contributed by atoms with E-state index < -0.39 is 6.10 Å². The molecule has 0 radical (unpaired) electrons. The lowest BCUT2D eigenvalue weighted by atomic mass is 10.0. The van der Waals surface area contributed by atoms with Crippen LogP contribution in [-0.2, 0) is 11.8 Å². The molecule has 1 aliphatic carbocycles. The quantitative estimate of drug-likeness (QED) is 0.728. The second kappa shape index (κ2) is 6.83. The standard InChI is InChI=1S/C21H22N4O3/c1-11-6-17(12(2)26)22-10-16(11)15-7-14-9-23-19(24-20(27)13-4-5-13)8-18(14)25(3)21(15)28/h6-10,12-13,26H,4-5H2,1-3H3,(H,23,24,27)/t12-/m1/s1. The maximum atomic E-state index is 13.0. The van der Waals surface area contributed by atoms with E-state index in [0.29, 0.717) is 22.6 Å². The van der Waals surface area contributed by atoms with Gasteiger partial charge in [0.15, 0.2) is 0 Å². The van der Waals surface area contributed by atoms with Gasteiger partial charge in [0.1, 0.15) is 5.82 Å². The third kappa shape index (κ3) is 3.29. The van der Waals surface area contributed by atoms with Crippen LogP contribution >= 0.6 is 0 Å². The normalized spacial score (nSPS) is 14.9. The topological polar surface area (TPSA) is 97.1 Å². The lowest BCUT2D eigenvalue weighted by molar-refractivity contribution is -0.117. The number of pyridine rings is 3. The van der Waals surface area contributed by atoms with Gasteiger partial charge in [0.2, 0.25) is 5.91 Å². The van der Waals surface area contributed by atoms with Crippen LogP contribution in [0.15, 0.2) is 35.4 Å². The van der Waals surface area contributed by atoms with Gasteiger partial charge in [-0.25, -0.2) is 4.98 Å². The highest BCUT2D eigenvalue weighted by atomic mass is 16.3. The van der Waals surface area contributed by atoms with Crippen molar-refractivity contribution in [3.63, 3.8) is 0 Å². The van der Waals surface area contributed by atoms with Gasteiger partial charge >= 0.3 is 0 Å². The van der Waals surface area contributed by atoms with Crippen molar-refractivity contribution in [2.75, 3.05) is 5.32 Å². The van der Waals surface area contributed by atoms with Crippen molar-refractivity contribution in [2.24, 2.45) is 13.0 Å². The molecule has 0 aliphatic heterocycles. The van der Waals surface area contributed by atoms with Crippen molar-refractivity contribution in [3.8, 4) is 11.1 Å². The van der Waals surface area contributed by atoms with E-state index in [1.165, 1.54) is 0 Å². The fourth-order valence-corrected chi connectivity index (χ4v) is 3.29. The van der Waals surface area contributed by atoms with Crippen LogP contribution in [-0.4, -0.2) is 25.5 Å². The Morgan fingerprint density at radius 3 is 2.61 bits per heavy atom. The summed E-state index contributed by atoms with van der Waals surface area (Å²) in [5.74, 6) is 0.517. The Kier molecular flexibility index (Phi) is 4.47. The number of aliphatic hydroxyl groups excluding tert-OH is 1. The van der Waals surface area contributed by atoms with Crippen LogP contribution in [0.2, 0.25) is 0 Å². The molecule has 7 heteroatoms. The Bertz CT molecular complexity index is 1150. The number of rotatable bonds is 4. The summed E-state index contributed by atoms with van der Waals surface area (Å²) >= 11 is 0. The van der Waals surface area contributed by atoms with Crippen molar-refractivity contribution >= 4 is 22.6 Å². The summed E-state index contributed by atoms with van der Waals surface area (Å²) in [4.78, 5) is 33.6. The van der Waals surface area contributed by atoms with E-state index in [-0.39, 0.29) is 17.4 Å². The molecule has 7 nitrogen and oxygen atoms in total. The molecular formula is C21H22N4O3. The van der Waals surface area contributed by atoms with Gasteiger partial charge < -0.3 is 15.0 Å². The highest BCUT2D eigenvalue weighted by molar-refractivity contribution is 5.95. The van der Waals surface area contributed by atoms with Gasteiger partial charge in [-0.1, -0.05) is 0 Å². The fraction of sp³-hybridized carbons (Fsp3) is 0.333. The molecule has 1 fully saturated rings. The van der Waals surface area contributed by atoms with Crippen LogP contribution in [0, 0.1) is 12.8 Å². The Balaban J connectivity index is 1.78. The zero-order valence-corrected chi connectivity index (χ0v) is 16.1. The monoisotopic (exact) mass is 378 g/mol. The maximum absolute atomic E-state index is 13.0. The third-order valence-electron chi connectivity index (χ3n) is 5.16. The van der Waals surface area contributed by atoms with Gasteiger partial charge in [-0.05, 0) is 44.4 Å². The van der Waals surface area contributed by atoms with Crippen molar-refractivity contribution in [1.29, 1.82) is 0 Å². The van der Waals surface area contributed by atoms with Crippen molar-refractivity contribution in [3.05, 3.63) is 52.2 Å². The number of hydrogen-bond acceptors (Lipinski definition) is 5. The number of carbonyl (C=O) groups is 1. The number of aromatic nitrogens is 3.